The number of morpholine rings is 1. The molecule has 8 atom stereocenters. The van der Waals surface area contributed by atoms with Crippen LogP contribution in [0.3, 0.4) is 0 Å². The Morgan fingerprint density at radius 2 is 1.07 bits per heavy atom. The summed E-state index contributed by atoms with van der Waals surface area (Å²) in [6.45, 7) is 6.42. The number of carbonyl (C=O) groups is 9. The maximum absolute atomic E-state index is 15.1. The van der Waals surface area contributed by atoms with Gasteiger partial charge in [0.05, 0.1) is 19.8 Å². The third-order valence-electron chi connectivity index (χ3n) is 16.6. The number of rotatable bonds is 31. The van der Waals surface area contributed by atoms with Crippen LogP contribution in [0.25, 0.3) is 21.8 Å². The molecular weight excluding hydrogens is 1210 g/mol. The lowest BCUT2D eigenvalue weighted by atomic mass is 9.99. The van der Waals surface area contributed by atoms with Gasteiger partial charge in [-0.05, 0) is 91.5 Å². The van der Waals surface area contributed by atoms with Crippen LogP contribution in [0.4, 0.5) is 4.79 Å². The largest absolute Gasteiger partial charge is 0.508 e. The highest BCUT2D eigenvalue weighted by Crippen LogP contribution is 2.24. The van der Waals surface area contributed by atoms with Crippen LogP contribution in [0.5, 0.6) is 5.75 Å². The van der Waals surface area contributed by atoms with Gasteiger partial charge in [0, 0.05) is 92.6 Å². The first kappa shape index (κ1) is 69.9. The summed E-state index contributed by atoms with van der Waals surface area (Å²) in [6.07, 6.45) is 4.28. The number of aliphatic hydroxyl groups excluding tert-OH is 1. The van der Waals surface area contributed by atoms with Gasteiger partial charge in [-0.3, -0.25) is 43.3 Å². The number of aliphatic hydroxyl groups is 1. The minimum absolute atomic E-state index is 0.0442. The number of phenolic OH excluding ortho intramolecular Hbond substituents is 1. The van der Waals surface area contributed by atoms with Gasteiger partial charge >= 0.3 is 6.03 Å². The van der Waals surface area contributed by atoms with Crippen LogP contribution in [0.15, 0.2) is 121 Å². The molecule has 502 valence electrons. The summed E-state index contributed by atoms with van der Waals surface area (Å²) in [5.74, 6) is -6.35. The summed E-state index contributed by atoms with van der Waals surface area (Å²) in [7, 11) is 0. The molecular formula is C67H87N15O12. The zero-order chi connectivity index (χ0) is 67.3. The van der Waals surface area contributed by atoms with Gasteiger partial charge in [0.25, 0.3) is 0 Å². The van der Waals surface area contributed by atoms with Gasteiger partial charge in [0.1, 0.15) is 54.1 Å². The second kappa shape index (κ2) is 34.0. The quantitative estimate of drug-likeness (QED) is 0.0165. The van der Waals surface area contributed by atoms with E-state index in [0.717, 1.165) is 21.8 Å². The van der Waals surface area contributed by atoms with E-state index >= 15 is 9.59 Å². The summed E-state index contributed by atoms with van der Waals surface area (Å²) in [6, 6.07) is 18.3. The fourth-order valence-electron chi connectivity index (χ4n) is 11.7. The summed E-state index contributed by atoms with van der Waals surface area (Å²) in [5, 5.41) is 44.9. The van der Waals surface area contributed by atoms with Crippen molar-refractivity contribution in [3.63, 3.8) is 0 Å². The number of nitrogens with two attached hydrogens (primary N) is 2. The molecule has 4 heterocycles. The monoisotopic (exact) mass is 1290 g/mol. The number of aromatic amines is 2. The van der Waals surface area contributed by atoms with E-state index < -0.39 is 102 Å². The van der Waals surface area contributed by atoms with Crippen LogP contribution in [0.1, 0.15) is 75.1 Å². The molecule has 2 aliphatic rings. The highest BCUT2D eigenvalue weighted by atomic mass is 16.5. The first-order valence-corrected chi connectivity index (χ1v) is 31.9. The molecule has 4 aromatic carbocycles. The predicted molar refractivity (Wildman–Crippen MR) is 352 cm³/mol. The first-order chi connectivity index (χ1) is 45.3. The molecule has 2 saturated heterocycles. The molecule has 10 amide bonds. The summed E-state index contributed by atoms with van der Waals surface area (Å²) in [5.41, 5.74) is 15.0. The zero-order valence-electron chi connectivity index (χ0n) is 53.2. The molecule has 27 heteroatoms. The van der Waals surface area contributed by atoms with Crippen molar-refractivity contribution in [2.75, 3.05) is 52.5 Å². The number of benzene rings is 4. The lowest BCUT2D eigenvalue weighted by Gasteiger charge is -2.30. The number of aliphatic imine (C=N–C) groups is 1. The Morgan fingerprint density at radius 1 is 0.596 bits per heavy atom. The van der Waals surface area contributed by atoms with Gasteiger partial charge in [-0.25, -0.2) is 4.79 Å². The second-order valence-corrected chi connectivity index (χ2v) is 24.0. The van der Waals surface area contributed by atoms with Crippen LogP contribution >= 0.6 is 0 Å². The number of fused-ring (bicyclic) bond motifs is 2. The molecule has 8 rings (SSSR count). The Kier molecular flexibility index (Phi) is 25.3. The lowest BCUT2D eigenvalue weighted by Crippen LogP contribution is -2.61. The highest BCUT2D eigenvalue weighted by molar-refractivity contribution is 5.99. The average Bonchev–Trinajstić information content (AvgIpc) is 2.49. The van der Waals surface area contributed by atoms with Crippen molar-refractivity contribution in [1.29, 1.82) is 0 Å². The number of urea groups is 1. The molecule has 0 aliphatic carbocycles. The molecule has 2 aliphatic heterocycles. The van der Waals surface area contributed by atoms with Gasteiger partial charge in [0.2, 0.25) is 47.3 Å². The first-order valence-electron chi connectivity index (χ1n) is 31.9. The summed E-state index contributed by atoms with van der Waals surface area (Å²) < 4.78 is 5.44. The number of amides is 10. The number of phenols is 1. The van der Waals surface area contributed by atoms with Gasteiger partial charge in [-0.15, -0.1) is 0 Å². The Hall–Kier alpha value is -10.0. The molecule has 2 aromatic heterocycles. The van der Waals surface area contributed by atoms with E-state index in [0.29, 0.717) is 67.9 Å². The molecule has 27 nitrogen and oxygen atoms in total. The van der Waals surface area contributed by atoms with Crippen LogP contribution in [0, 0.1) is 5.92 Å². The maximum atomic E-state index is 15.1. The van der Waals surface area contributed by atoms with Crippen molar-refractivity contribution in [2.24, 2.45) is 22.4 Å². The molecule has 2 fully saturated rings. The standard InChI is InChI=1S/C67H87N15O12/c1-4-70-64(91)57-21-13-27-82(57)65(92)50(20-12-26-71-66(68)69)74-58(85)51(32-40(2)3)75-61(88)54(35-43-37-72-48-18-10-8-16-46(43)48)77-59(86)52(34-42-22-24-45(84)25-23-42)76-63(90)56(39-83)79-62(89)55(36-44-38-73-49-19-11-9-17-47(44)49)78-60(87)53(33-41-14-6-5-7-15-41)80-67(93)81-28-30-94-31-29-81/h5-11,14-19,22-25,37-38,40,50-57,72-73,83-84H,4,12-13,20-21,26-36,39H2,1-3H3,(H,70,91)(H,74,85)(H,75,88)(H,76,90)(H,77,86)(H,78,87)(H,79,89)(H,80,93)(H4,68,69,71). The third kappa shape index (κ3) is 19.5. The van der Waals surface area contributed by atoms with Crippen molar-refractivity contribution in [3.05, 3.63) is 138 Å². The Bertz CT molecular complexity index is 3600. The van der Waals surface area contributed by atoms with Crippen molar-refractivity contribution in [2.45, 2.75) is 127 Å². The SMILES string of the molecule is CCNC(=O)C1CCCN1C(=O)C(CCCN=C(N)N)NC(=O)C(CC(C)C)NC(=O)C(Cc1c[nH]c2ccccc12)NC(=O)C(Cc1ccc(O)cc1)NC(=O)C(CO)NC(=O)C(Cc1c[nH]c2ccccc12)NC(=O)C(Cc1ccccc1)NC(=O)N1CCOCC1. The van der Waals surface area contributed by atoms with E-state index in [1.165, 1.54) is 34.1 Å². The number of H-pyrrole nitrogens is 2. The van der Waals surface area contributed by atoms with E-state index in [-0.39, 0.29) is 81.6 Å². The number of para-hydroxylation sites is 2. The number of likely N-dealkylation sites (tertiary alicyclic amines) is 1. The summed E-state index contributed by atoms with van der Waals surface area (Å²) in [4.78, 5) is 144. The number of aromatic nitrogens is 2. The molecule has 16 N–H and O–H groups in total. The molecule has 94 heavy (non-hydrogen) atoms. The Morgan fingerprint density at radius 3 is 1.62 bits per heavy atom. The number of carbonyl (C=O) groups excluding carboxylic acids is 9. The molecule has 0 saturated carbocycles. The fourth-order valence-corrected chi connectivity index (χ4v) is 11.7. The van der Waals surface area contributed by atoms with Gasteiger partial charge in [-0.1, -0.05) is 92.7 Å². The lowest BCUT2D eigenvalue weighted by molar-refractivity contribution is -0.142. The van der Waals surface area contributed by atoms with Crippen LogP contribution in [0.2, 0.25) is 0 Å². The number of guanidine groups is 1. The predicted octanol–water partition coefficient (Wildman–Crippen LogP) is 1.16. The molecule has 0 bridgehead atoms. The number of nitrogens with one attached hydrogen (secondary N) is 10. The zero-order valence-corrected chi connectivity index (χ0v) is 53.2. The number of aromatic hydroxyl groups is 1. The molecule has 0 radical (unpaired) electrons. The van der Waals surface area contributed by atoms with E-state index in [4.69, 9.17) is 16.2 Å². The van der Waals surface area contributed by atoms with Crippen LogP contribution in [-0.2, 0) is 68.8 Å². The Balaban J connectivity index is 1.05. The molecule has 0 spiro atoms. The van der Waals surface area contributed by atoms with Gasteiger partial charge < -0.3 is 88.7 Å². The van der Waals surface area contributed by atoms with E-state index in [1.807, 2.05) is 62.4 Å². The fraction of sp³-hybridized carbons (Fsp3) is 0.433. The molecule has 8 unspecified atom stereocenters. The van der Waals surface area contributed by atoms with Crippen molar-refractivity contribution >= 4 is 81.1 Å². The number of nitrogens with zero attached hydrogens (tertiary/aromatic N) is 3. The van der Waals surface area contributed by atoms with E-state index in [1.54, 1.807) is 49.6 Å². The third-order valence-corrected chi connectivity index (χ3v) is 16.6. The summed E-state index contributed by atoms with van der Waals surface area (Å²) >= 11 is 0. The number of ether oxygens (including phenoxy) is 1. The smallest absolute Gasteiger partial charge is 0.318 e. The van der Waals surface area contributed by atoms with Gasteiger partial charge in [0.15, 0.2) is 5.96 Å². The van der Waals surface area contributed by atoms with Crippen molar-refractivity contribution in [3.8, 4) is 5.75 Å². The Labute approximate surface area is 544 Å². The van der Waals surface area contributed by atoms with Crippen LogP contribution < -0.4 is 54.0 Å². The van der Waals surface area contributed by atoms with E-state index in [2.05, 4.69) is 57.5 Å². The number of hydrogen-bond donors (Lipinski definition) is 14. The van der Waals surface area contributed by atoms with E-state index in [9.17, 15) is 43.8 Å². The van der Waals surface area contributed by atoms with Gasteiger partial charge in [-0.2, -0.15) is 0 Å². The van der Waals surface area contributed by atoms with Crippen molar-refractivity contribution < 1.29 is 58.1 Å². The van der Waals surface area contributed by atoms with Crippen molar-refractivity contribution in [1.82, 2.24) is 62.3 Å². The normalized spacial score (nSPS) is 16.1. The minimum atomic E-state index is -1.75. The topological polar surface area (TPSA) is 402 Å². The second-order valence-electron chi connectivity index (χ2n) is 24.0. The minimum Gasteiger partial charge on any atom is -0.508 e. The average molecular weight is 1290 g/mol. The van der Waals surface area contributed by atoms with Crippen LogP contribution in [-0.4, -0.2) is 190 Å². The molecule has 6 aromatic rings. The maximum Gasteiger partial charge on any atom is 0.318 e. The number of hydrogen-bond acceptors (Lipinski definition) is 13. The highest BCUT2D eigenvalue weighted by Gasteiger charge is 2.40. The number of likely N-dealkylation sites (N-methyl/N-ethyl adjacent to an activating group) is 1.